The predicted octanol–water partition coefficient (Wildman–Crippen LogP) is 0.912. The summed E-state index contributed by atoms with van der Waals surface area (Å²) in [4.78, 5) is 15.4. The van der Waals surface area contributed by atoms with Gasteiger partial charge in [0.2, 0.25) is 11.0 Å². The maximum atomic E-state index is 11.4. The van der Waals surface area contributed by atoms with Gasteiger partial charge >= 0.3 is 0 Å². The lowest BCUT2D eigenvalue weighted by atomic mass is 10.0. The Hall–Kier alpha value is -1.01. The van der Waals surface area contributed by atoms with Gasteiger partial charge in [0.15, 0.2) is 0 Å². The Labute approximate surface area is 86.9 Å². The van der Waals surface area contributed by atoms with Gasteiger partial charge in [0.1, 0.15) is 5.82 Å². The van der Waals surface area contributed by atoms with Crippen LogP contribution in [0.4, 0.5) is 5.13 Å². The number of aromatic nitrogens is 2. The maximum absolute atomic E-state index is 11.4. The number of hydrogen-bond acceptors (Lipinski definition) is 5. The lowest BCUT2D eigenvalue weighted by Gasteiger charge is -2.16. The second-order valence-electron chi connectivity index (χ2n) is 3.86. The fourth-order valence-electron chi connectivity index (χ4n) is 0.925. The van der Waals surface area contributed by atoms with E-state index in [0.717, 1.165) is 0 Å². The van der Waals surface area contributed by atoms with E-state index in [1.807, 2.05) is 0 Å². The minimum absolute atomic E-state index is 0.131. The van der Waals surface area contributed by atoms with Gasteiger partial charge in [-0.3, -0.25) is 4.79 Å². The minimum Gasteiger partial charge on any atom is -0.325 e. The summed E-state index contributed by atoms with van der Waals surface area (Å²) in [7, 11) is 0. The Morgan fingerprint density at radius 2 is 2.29 bits per heavy atom. The maximum Gasteiger partial charge on any atom is 0.228 e. The predicted molar refractivity (Wildman–Crippen MR) is 56.2 cm³/mol. The zero-order chi connectivity index (χ0) is 10.8. The lowest BCUT2D eigenvalue weighted by Crippen LogP contribution is -2.36. The minimum atomic E-state index is -0.496. The van der Waals surface area contributed by atoms with Crippen LogP contribution < -0.4 is 11.1 Å². The van der Waals surface area contributed by atoms with Crippen molar-refractivity contribution in [1.82, 2.24) is 9.36 Å². The molecule has 0 atom stereocenters. The lowest BCUT2D eigenvalue weighted by molar-refractivity contribution is -0.117. The summed E-state index contributed by atoms with van der Waals surface area (Å²) in [5.41, 5.74) is 5.21. The molecule has 1 aromatic heterocycles. The normalized spacial score (nSPS) is 11.4. The number of rotatable bonds is 3. The quantitative estimate of drug-likeness (QED) is 0.783. The van der Waals surface area contributed by atoms with E-state index < -0.39 is 5.54 Å². The van der Waals surface area contributed by atoms with Crippen molar-refractivity contribution in [2.24, 2.45) is 5.73 Å². The highest BCUT2D eigenvalue weighted by molar-refractivity contribution is 7.09. The molecule has 1 rings (SSSR count). The summed E-state index contributed by atoms with van der Waals surface area (Å²) >= 11 is 1.17. The summed E-state index contributed by atoms with van der Waals surface area (Å²) < 4.78 is 3.95. The van der Waals surface area contributed by atoms with E-state index >= 15 is 0 Å². The monoisotopic (exact) mass is 214 g/mol. The van der Waals surface area contributed by atoms with Gasteiger partial charge in [-0.15, -0.1) is 0 Å². The van der Waals surface area contributed by atoms with E-state index in [-0.39, 0.29) is 12.3 Å². The van der Waals surface area contributed by atoms with Gasteiger partial charge in [0.25, 0.3) is 0 Å². The fraction of sp³-hybridized carbons (Fsp3) is 0.625. The van der Waals surface area contributed by atoms with Gasteiger partial charge in [-0.25, -0.2) is 4.98 Å². The van der Waals surface area contributed by atoms with Gasteiger partial charge in [0.05, 0.1) is 0 Å². The third kappa shape index (κ3) is 3.80. The topological polar surface area (TPSA) is 80.9 Å². The highest BCUT2D eigenvalue weighted by atomic mass is 32.1. The van der Waals surface area contributed by atoms with E-state index in [2.05, 4.69) is 14.7 Å². The first-order chi connectivity index (χ1) is 6.37. The number of anilines is 1. The number of nitrogens with zero attached hydrogens (tertiary/aromatic N) is 2. The molecule has 6 heteroatoms. The molecule has 78 valence electrons. The van der Waals surface area contributed by atoms with E-state index in [4.69, 9.17) is 5.73 Å². The Morgan fingerprint density at radius 3 is 2.71 bits per heavy atom. The second kappa shape index (κ2) is 4.02. The van der Waals surface area contributed by atoms with E-state index in [0.29, 0.717) is 11.0 Å². The molecule has 1 heterocycles. The van der Waals surface area contributed by atoms with Crippen LogP contribution in [0.2, 0.25) is 0 Å². The number of nitrogens with one attached hydrogen (secondary N) is 1. The molecule has 3 N–H and O–H groups in total. The molecular weight excluding hydrogens is 200 g/mol. The number of amides is 1. The fourth-order valence-corrected chi connectivity index (χ4v) is 1.52. The van der Waals surface area contributed by atoms with Crippen molar-refractivity contribution in [3.63, 3.8) is 0 Å². The molecule has 0 aliphatic rings. The number of nitrogens with two attached hydrogens (primary N) is 1. The molecule has 1 amide bonds. The Balaban J connectivity index is 2.50. The van der Waals surface area contributed by atoms with Crippen LogP contribution in [-0.4, -0.2) is 20.8 Å². The molecule has 0 aliphatic carbocycles. The van der Waals surface area contributed by atoms with Gasteiger partial charge < -0.3 is 11.1 Å². The summed E-state index contributed by atoms with van der Waals surface area (Å²) in [6.07, 6.45) is 0.269. The van der Waals surface area contributed by atoms with Gasteiger partial charge in [-0.2, -0.15) is 4.37 Å². The summed E-state index contributed by atoms with van der Waals surface area (Å²) in [6.45, 7) is 5.38. The average Bonchev–Trinajstić information content (AvgIpc) is 2.30. The number of carbonyl (C=O) groups excluding carboxylic acids is 1. The first-order valence-corrected chi connectivity index (χ1v) is 5.03. The molecule has 0 saturated carbocycles. The zero-order valence-electron chi connectivity index (χ0n) is 8.50. The van der Waals surface area contributed by atoms with Crippen molar-refractivity contribution in [2.75, 3.05) is 5.32 Å². The van der Waals surface area contributed by atoms with E-state index in [1.54, 1.807) is 20.8 Å². The van der Waals surface area contributed by atoms with Crippen molar-refractivity contribution in [2.45, 2.75) is 32.7 Å². The number of aryl methyl sites for hydroxylation is 1. The summed E-state index contributed by atoms with van der Waals surface area (Å²) in [5.74, 6) is 0.533. The molecule has 0 bridgehead atoms. The standard InChI is InChI=1S/C8H14N4OS/c1-5-10-7(14-12-5)11-6(13)4-8(2,3)9/h4,9H2,1-3H3,(H,10,11,12,13). The number of carbonyl (C=O) groups is 1. The van der Waals surface area contributed by atoms with Crippen LogP contribution in [0.25, 0.3) is 0 Å². The Morgan fingerprint density at radius 1 is 1.64 bits per heavy atom. The smallest absolute Gasteiger partial charge is 0.228 e. The average molecular weight is 214 g/mol. The molecular formula is C8H14N4OS. The summed E-state index contributed by atoms with van der Waals surface area (Å²) in [5, 5.41) is 3.17. The molecule has 0 aliphatic heterocycles. The molecule has 1 aromatic rings. The zero-order valence-corrected chi connectivity index (χ0v) is 9.31. The molecule has 0 unspecified atom stereocenters. The SMILES string of the molecule is Cc1nsc(NC(=O)CC(C)(C)N)n1. The Kier molecular flexibility index (Phi) is 3.17. The Bertz CT molecular complexity index is 328. The van der Waals surface area contributed by atoms with Crippen molar-refractivity contribution in [1.29, 1.82) is 0 Å². The second-order valence-corrected chi connectivity index (χ2v) is 4.61. The third-order valence-corrected chi connectivity index (χ3v) is 2.11. The molecule has 0 radical (unpaired) electrons. The van der Waals surface area contributed by atoms with Crippen LogP contribution in [0.3, 0.4) is 0 Å². The summed E-state index contributed by atoms with van der Waals surface area (Å²) in [6, 6.07) is 0. The number of hydrogen-bond donors (Lipinski definition) is 2. The molecule has 14 heavy (non-hydrogen) atoms. The van der Waals surface area contributed by atoms with Crippen LogP contribution in [0.15, 0.2) is 0 Å². The highest BCUT2D eigenvalue weighted by Crippen LogP contribution is 2.12. The van der Waals surface area contributed by atoms with Crippen LogP contribution in [0, 0.1) is 6.92 Å². The molecule has 0 aromatic carbocycles. The van der Waals surface area contributed by atoms with Gasteiger partial charge in [0, 0.05) is 23.5 Å². The third-order valence-electron chi connectivity index (χ3n) is 1.39. The van der Waals surface area contributed by atoms with Crippen LogP contribution in [-0.2, 0) is 4.79 Å². The molecule has 0 saturated heterocycles. The highest BCUT2D eigenvalue weighted by Gasteiger charge is 2.17. The van der Waals surface area contributed by atoms with Crippen molar-refractivity contribution < 1.29 is 4.79 Å². The van der Waals surface area contributed by atoms with Crippen LogP contribution in [0.5, 0.6) is 0 Å². The van der Waals surface area contributed by atoms with E-state index in [9.17, 15) is 4.79 Å². The van der Waals surface area contributed by atoms with Gasteiger partial charge in [-0.1, -0.05) is 0 Å². The van der Waals surface area contributed by atoms with Crippen molar-refractivity contribution >= 4 is 22.6 Å². The molecule has 0 spiro atoms. The van der Waals surface area contributed by atoms with Crippen LogP contribution >= 0.6 is 11.5 Å². The van der Waals surface area contributed by atoms with Gasteiger partial charge in [-0.05, 0) is 20.8 Å². The van der Waals surface area contributed by atoms with Crippen molar-refractivity contribution in [3.8, 4) is 0 Å². The molecule has 0 fully saturated rings. The molecule has 5 nitrogen and oxygen atoms in total. The van der Waals surface area contributed by atoms with E-state index in [1.165, 1.54) is 11.5 Å². The largest absolute Gasteiger partial charge is 0.325 e. The first kappa shape index (κ1) is 11.1. The van der Waals surface area contributed by atoms with Crippen molar-refractivity contribution in [3.05, 3.63) is 5.82 Å². The van der Waals surface area contributed by atoms with Crippen LogP contribution in [0.1, 0.15) is 26.1 Å². The first-order valence-electron chi connectivity index (χ1n) is 4.26.